The van der Waals surface area contributed by atoms with Gasteiger partial charge in [-0.25, -0.2) is 0 Å². The van der Waals surface area contributed by atoms with Crippen LogP contribution in [0.2, 0.25) is 0 Å². The molecule has 0 aromatic rings. The second kappa shape index (κ2) is 1.65. The molecule has 0 radical (unpaired) electrons. The quantitative estimate of drug-likeness (QED) is 0.452. The first-order valence-corrected chi connectivity index (χ1v) is 2.90. The van der Waals surface area contributed by atoms with E-state index in [4.69, 9.17) is 0 Å². The Morgan fingerprint density at radius 2 is 2.11 bits per heavy atom. The number of aliphatic imine (C=N–C) groups is 2. The van der Waals surface area contributed by atoms with E-state index in [1.807, 2.05) is 18.2 Å². The predicted octanol–water partition coefficient (Wildman–Crippen LogP) is 0.964. The summed E-state index contributed by atoms with van der Waals surface area (Å²) in [7, 11) is 0. The van der Waals surface area contributed by atoms with Gasteiger partial charge in [0.05, 0.1) is 0 Å². The number of dihydropyridines is 1. The molecule has 44 valence electrons. The van der Waals surface area contributed by atoms with Crippen LogP contribution >= 0.6 is 0 Å². The van der Waals surface area contributed by atoms with Crippen LogP contribution in [0.4, 0.5) is 0 Å². The monoisotopic (exact) mass is 118 g/mol. The van der Waals surface area contributed by atoms with Crippen LogP contribution in [0.3, 0.4) is 0 Å². The molecule has 2 heteroatoms. The molecular formula is C7H6N2. The molecule has 2 rings (SSSR count). The fourth-order valence-corrected chi connectivity index (χ4v) is 0.934. The van der Waals surface area contributed by atoms with E-state index in [-0.39, 0.29) is 6.17 Å². The number of hydrogen-bond acceptors (Lipinski definition) is 2. The molecule has 0 aliphatic carbocycles. The van der Waals surface area contributed by atoms with Crippen LogP contribution in [0.25, 0.3) is 0 Å². The van der Waals surface area contributed by atoms with Gasteiger partial charge >= 0.3 is 0 Å². The molecule has 2 heterocycles. The van der Waals surface area contributed by atoms with Crippen molar-refractivity contribution >= 4 is 12.4 Å². The average Bonchev–Trinajstić information content (AvgIpc) is 2.33. The third-order valence-corrected chi connectivity index (χ3v) is 1.39. The van der Waals surface area contributed by atoms with Gasteiger partial charge < -0.3 is 0 Å². The van der Waals surface area contributed by atoms with E-state index in [0.717, 1.165) is 0 Å². The van der Waals surface area contributed by atoms with Crippen molar-refractivity contribution in [2.75, 3.05) is 0 Å². The highest BCUT2D eigenvalue weighted by molar-refractivity contribution is 5.82. The van der Waals surface area contributed by atoms with Crippen molar-refractivity contribution in [1.29, 1.82) is 0 Å². The number of allylic oxidation sites excluding steroid dienone is 2. The summed E-state index contributed by atoms with van der Waals surface area (Å²) < 4.78 is 0. The van der Waals surface area contributed by atoms with Gasteiger partial charge in [0.1, 0.15) is 0 Å². The first-order valence-electron chi connectivity index (χ1n) is 2.90. The lowest BCUT2D eigenvalue weighted by atomic mass is 10.2. The van der Waals surface area contributed by atoms with E-state index in [9.17, 15) is 0 Å². The van der Waals surface area contributed by atoms with Gasteiger partial charge in [0.2, 0.25) is 0 Å². The lowest BCUT2D eigenvalue weighted by Gasteiger charge is -2.04. The maximum absolute atomic E-state index is 4.11. The third-order valence-electron chi connectivity index (χ3n) is 1.39. The Morgan fingerprint density at radius 3 is 3.00 bits per heavy atom. The average molecular weight is 118 g/mol. The third kappa shape index (κ3) is 0.633. The lowest BCUT2D eigenvalue weighted by Crippen LogP contribution is -2.02. The maximum Gasteiger partial charge on any atom is 0.165 e. The van der Waals surface area contributed by atoms with E-state index in [0.29, 0.717) is 0 Å². The Hall–Kier alpha value is -1.18. The molecule has 1 unspecified atom stereocenters. The second-order valence-electron chi connectivity index (χ2n) is 2.00. The molecule has 0 aromatic carbocycles. The molecule has 9 heavy (non-hydrogen) atoms. The Bertz CT molecular complexity index is 233. The van der Waals surface area contributed by atoms with Gasteiger partial charge in [-0.3, -0.25) is 9.98 Å². The van der Waals surface area contributed by atoms with Crippen LogP contribution in [-0.4, -0.2) is 18.6 Å². The zero-order chi connectivity index (χ0) is 6.10. The minimum absolute atomic E-state index is 0.0787. The fourth-order valence-electron chi connectivity index (χ4n) is 0.934. The zero-order valence-electron chi connectivity index (χ0n) is 4.86. The summed E-state index contributed by atoms with van der Waals surface area (Å²) >= 11 is 0. The molecule has 2 nitrogen and oxygen atoms in total. The van der Waals surface area contributed by atoms with Gasteiger partial charge in [0, 0.05) is 12.4 Å². The molecule has 2 aliphatic rings. The molecule has 2 aliphatic heterocycles. The van der Waals surface area contributed by atoms with Gasteiger partial charge in [-0.2, -0.15) is 0 Å². The maximum atomic E-state index is 4.11. The van der Waals surface area contributed by atoms with Crippen molar-refractivity contribution in [3.63, 3.8) is 0 Å². The largest absolute Gasteiger partial charge is 0.262 e. The molecule has 0 amide bonds. The molecule has 1 atom stereocenters. The van der Waals surface area contributed by atoms with Gasteiger partial charge in [0.15, 0.2) is 6.17 Å². The highest BCUT2D eigenvalue weighted by atomic mass is 15.0. The molecule has 0 bridgehead atoms. The zero-order valence-corrected chi connectivity index (χ0v) is 4.86. The summed E-state index contributed by atoms with van der Waals surface area (Å²) in [5.74, 6) is 0. The number of hydrogen-bond donors (Lipinski definition) is 0. The summed E-state index contributed by atoms with van der Waals surface area (Å²) in [4.78, 5) is 8.20. The van der Waals surface area contributed by atoms with E-state index < -0.39 is 0 Å². The molecule has 0 fully saturated rings. The number of fused-ring (bicyclic) bond motifs is 1. The number of nitrogens with zero attached hydrogens (tertiary/aromatic N) is 2. The Balaban J connectivity index is 2.40. The predicted molar refractivity (Wildman–Crippen MR) is 38.0 cm³/mol. The minimum Gasteiger partial charge on any atom is -0.262 e. The van der Waals surface area contributed by atoms with Gasteiger partial charge in [-0.15, -0.1) is 0 Å². The van der Waals surface area contributed by atoms with Crippen molar-refractivity contribution in [3.8, 4) is 0 Å². The van der Waals surface area contributed by atoms with Crippen LogP contribution in [-0.2, 0) is 0 Å². The Kier molecular flexibility index (Phi) is 0.859. The summed E-state index contributed by atoms with van der Waals surface area (Å²) in [5.41, 5.74) is 1.19. The van der Waals surface area contributed by atoms with Crippen molar-refractivity contribution < 1.29 is 0 Å². The molecular weight excluding hydrogens is 112 g/mol. The molecule has 0 spiro atoms. The smallest absolute Gasteiger partial charge is 0.165 e. The number of rotatable bonds is 0. The summed E-state index contributed by atoms with van der Waals surface area (Å²) in [6.07, 6.45) is 9.60. The second-order valence-corrected chi connectivity index (χ2v) is 2.00. The van der Waals surface area contributed by atoms with E-state index in [1.54, 1.807) is 12.4 Å². The normalized spacial score (nSPS) is 28.4. The van der Waals surface area contributed by atoms with E-state index in [1.165, 1.54) is 5.57 Å². The highest BCUT2D eigenvalue weighted by Crippen LogP contribution is 2.15. The molecule has 0 saturated carbocycles. The van der Waals surface area contributed by atoms with Crippen LogP contribution in [0.15, 0.2) is 33.8 Å². The van der Waals surface area contributed by atoms with E-state index >= 15 is 0 Å². The molecule has 0 aromatic heterocycles. The summed E-state index contributed by atoms with van der Waals surface area (Å²) in [5, 5.41) is 0. The van der Waals surface area contributed by atoms with E-state index in [2.05, 4.69) is 9.98 Å². The first kappa shape index (κ1) is 4.68. The van der Waals surface area contributed by atoms with Gasteiger partial charge in [-0.1, -0.05) is 6.08 Å². The summed E-state index contributed by atoms with van der Waals surface area (Å²) in [6, 6.07) is 0. The van der Waals surface area contributed by atoms with Crippen molar-refractivity contribution in [1.82, 2.24) is 0 Å². The standard InChI is InChI=1S/C7H6N2/c1-2-6-3-5-9-7(6)8-4-1/h1-5,7H. The van der Waals surface area contributed by atoms with Crippen LogP contribution in [0.1, 0.15) is 0 Å². The first-order chi connectivity index (χ1) is 4.47. The summed E-state index contributed by atoms with van der Waals surface area (Å²) in [6.45, 7) is 0. The highest BCUT2D eigenvalue weighted by Gasteiger charge is 2.11. The SMILES string of the molecule is C1=CC2=CC=NC2N=C1. The van der Waals surface area contributed by atoms with Crippen molar-refractivity contribution in [2.45, 2.75) is 6.17 Å². The molecule has 0 N–H and O–H groups in total. The Labute approximate surface area is 53.3 Å². The van der Waals surface area contributed by atoms with Gasteiger partial charge in [0.25, 0.3) is 0 Å². The fraction of sp³-hybridized carbons (Fsp3) is 0.143. The van der Waals surface area contributed by atoms with Crippen LogP contribution in [0.5, 0.6) is 0 Å². The minimum atomic E-state index is 0.0787. The topological polar surface area (TPSA) is 24.7 Å². The van der Waals surface area contributed by atoms with Crippen molar-refractivity contribution in [2.24, 2.45) is 9.98 Å². The lowest BCUT2D eigenvalue weighted by molar-refractivity contribution is 0.864. The van der Waals surface area contributed by atoms with Crippen molar-refractivity contribution in [3.05, 3.63) is 23.8 Å². The Morgan fingerprint density at radius 1 is 1.22 bits per heavy atom. The van der Waals surface area contributed by atoms with Gasteiger partial charge in [-0.05, 0) is 17.7 Å². The van der Waals surface area contributed by atoms with Crippen LogP contribution in [0, 0.1) is 0 Å². The van der Waals surface area contributed by atoms with Crippen LogP contribution < -0.4 is 0 Å². The molecule has 0 saturated heterocycles.